The third-order valence-electron chi connectivity index (χ3n) is 19.6. The molecule has 2 nitrogen and oxygen atoms in total. The van der Waals surface area contributed by atoms with Crippen LogP contribution in [0.3, 0.4) is 0 Å². The molecule has 86 heavy (non-hydrogen) atoms. The third-order valence-corrected chi connectivity index (χ3v) is 19.6. The summed E-state index contributed by atoms with van der Waals surface area (Å²) in [6, 6.07) is 81.0. The smallest absolute Gasteiger partial charge is 0.123 e. The second-order valence-corrected chi connectivity index (χ2v) is 26.1. The number of rotatable bonds is 10. The second kappa shape index (κ2) is 19.5. The van der Waals surface area contributed by atoms with Crippen LogP contribution < -0.4 is 9.80 Å². The maximum absolute atomic E-state index is 14.5. The van der Waals surface area contributed by atoms with Crippen LogP contribution in [0.1, 0.15) is 122 Å². The lowest BCUT2D eigenvalue weighted by atomic mass is 9.81. The van der Waals surface area contributed by atoms with Gasteiger partial charge in [0.15, 0.2) is 0 Å². The van der Waals surface area contributed by atoms with E-state index in [1.54, 1.807) is 24.3 Å². The Labute approximate surface area is 504 Å². The van der Waals surface area contributed by atoms with Crippen molar-refractivity contribution >= 4 is 58.4 Å². The highest BCUT2D eigenvalue weighted by molar-refractivity contribution is 5.92. The molecule has 0 aliphatic heterocycles. The van der Waals surface area contributed by atoms with Crippen LogP contribution in [0.2, 0.25) is 0 Å². The molecule has 4 aliphatic carbocycles. The van der Waals surface area contributed by atoms with Crippen molar-refractivity contribution in [2.24, 2.45) is 0 Å². The first-order valence-electron chi connectivity index (χ1n) is 30.1. The topological polar surface area (TPSA) is 6.48 Å². The number of fused-ring (bicyclic) bond motifs is 12. The highest BCUT2D eigenvalue weighted by atomic mass is 19.1. The van der Waals surface area contributed by atoms with Crippen LogP contribution in [0.15, 0.2) is 231 Å². The molecule has 0 heterocycles. The molecule has 0 amide bonds. The van der Waals surface area contributed by atoms with Crippen molar-refractivity contribution in [3.63, 3.8) is 0 Å². The maximum atomic E-state index is 14.5. The van der Waals surface area contributed by atoms with Gasteiger partial charge >= 0.3 is 0 Å². The molecule has 0 atom stereocenters. The van der Waals surface area contributed by atoms with Gasteiger partial charge in [0.25, 0.3) is 0 Å². The van der Waals surface area contributed by atoms with Crippen molar-refractivity contribution < 1.29 is 8.78 Å². The fourth-order valence-corrected chi connectivity index (χ4v) is 14.8. The first kappa shape index (κ1) is 53.1. The molecule has 15 rings (SSSR count). The minimum atomic E-state index is -0.263. The van der Waals surface area contributed by atoms with Gasteiger partial charge in [0.2, 0.25) is 0 Å². The van der Waals surface area contributed by atoms with E-state index >= 15 is 0 Å². The Morgan fingerprint density at radius 2 is 0.465 bits per heavy atom. The van der Waals surface area contributed by atoms with Crippen LogP contribution in [0.4, 0.5) is 42.9 Å². The molecule has 418 valence electrons. The standard InChI is InChI=1S/C82H66F2N2/c1-79(2)71-15-11-9-13-63(71)67-41-35-59(47-75(67)79)85(57-31-27-55(83)28-32-57)61-37-43-69-65-39-25-53(45-73(65)81(5,6)77(69)49-61)23-21-51-17-19-52(20-18-51)22-24-54-26-40-66-70-44-38-62(50-78(70)82(7,8)74(66)46-54)86(58-33-29-56(84)30-34-58)60-36-42-68-64-14-10-12-16-72(64)80(3,4)76(68)48-60/h9-50H,1-8H3. The number of hydrogen-bond acceptors (Lipinski definition) is 2. The molecule has 0 unspecified atom stereocenters. The summed E-state index contributed by atoms with van der Waals surface area (Å²) in [5.41, 5.74) is 30.2. The molecule has 0 N–H and O–H groups in total. The Morgan fingerprint density at radius 1 is 0.233 bits per heavy atom. The van der Waals surface area contributed by atoms with E-state index in [0.717, 1.165) is 56.4 Å². The van der Waals surface area contributed by atoms with E-state index in [9.17, 15) is 8.78 Å². The lowest BCUT2D eigenvalue weighted by molar-refractivity contribution is 0.627. The molecule has 11 aromatic rings. The van der Waals surface area contributed by atoms with Crippen molar-refractivity contribution in [3.8, 4) is 44.5 Å². The quantitative estimate of drug-likeness (QED) is 0.126. The Bertz CT molecular complexity index is 4350. The zero-order chi connectivity index (χ0) is 59.0. The van der Waals surface area contributed by atoms with E-state index in [1.165, 1.54) is 89.0 Å². The first-order valence-corrected chi connectivity index (χ1v) is 30.1. The van der Waals surface area contributed by atoms with E-state index in [0.29, 0.717) is 0 Å². The lowest BCUT2D eigenvalue weighted by Gasteiger charge is -2.29. The Hall–Kier alpha value is -9.64. The molecule has 0 saturated heterocycles. The normalized spacial score (nSPS) is 15.4. The van der Waals surface area contributed by atoms with Crippen molar-refractivity contribution in [2.45, 2.75) is 77.0 Å². The van der Waals surface area contributed by atoms with Crippen LogP contribution in [-0.4, -0.2) is 0 Å². The summed E-state index contributed by atoms with van der Waals surface area (Å²) < 4.78 is 29.0. The minimum Gasteiger partial charge on any atom is -0.310 e. The molecule has 4 heteroatoms. The zero-order valence-electron chi connectivity index (χ0n) is 49.9. The van der Waals surface area contributed by atoms with Crippen LogP contribution in [0.25, 0.3) is 68.8 Å². The van der Waals surface area contributed by atoms with Crippen LogP contribution in [0.5, 0.6) is 0 Å². The molecule has 0 fully saturated rings. The molecule has 0 spiro atoms. The van der Waals surface area contributed by atoms with Crippen LogP contribution in [0, 0.1) is 11.6 Å². The average molecular weight is 1120 g/mol. The van der Waals surface area contributed by atoms with Gasteiger partial charge in [-0.25, -0.2) is 8.78 Å². The number of nitrogens with zero attached hydrogens (tertiary/aromatic N) is 2. The highest BCUT2D eigenvalue weighted by Gasteiger charge is 2.40. The van der Waals surface area contributed by atoms with Crippen molar-refractivity contribution in [3.05, 3.63) is 309 Å². The van der Waals surface area contributed by atoms with E-state index in [-0.39, 0.29) is 33.3 Å². The van der Waals surface area contributed by atoms with Gasteiger partial charge in [-0.1, -0.05) is 213 Å². The molecule has 11 aromatic carbocycles. The number of hydrogen-bond donors (Lipinski definition) is 0. The molecule has 0 saturated carbocycles. The van der Waals surface area contributed by atoms with Crippen LogP contribution >= 0.6 is 0 Å². The molecule has 0 radical (unpaired) electrons. The Balaban J connectivity index is 0.658. The average Bonchev–Trinajstić information content (AvgIpc) is 2.80. The molecule has 0 aromatic heterocycles. The van der Waals surface area contributed by atoms with Crippen molar-refractivity contribution in [1.29, 1.82) is 0 Å². The lowest BCUT2D eigenvalue weighted by Crippen LogP contribution is -2.18. The monoisotopic (exact) mass is 1120 g/mol. The van der Waals surface area contributed by atoms with Crippen molar-refractivity contribution in [2.75, 3.05) is 9.80 Å². The number of halogens is 2. The van der Waals surface area contributed by atoms with Gasteiger partial charge in [-0.3, -0.25) is 0 Å². The third kappa shape index (κ3) is 8.39. The van der Waals surface area contributed by atoms with E-state index in [2.05, 4.69) is 271 Å². The summed E-state index contributed by atoms with van der Waals surface area (Å²) in [5.74, 6) is -0.507. The van der Waals surface area contributed by atoms with Crippen LogP contribution in [-0.2, 0) is 21.7 Å². The molecular weight excluding hydrogens is 1050 g/mol. The second-order valence-electron chi connectivity index (χ2n) is 26.1. The van der Waals surface area contributed by atoms with Gasteiger partial charge in [0.1, 0.15) is 11.6 Å². The van der Waals surface area contributed by atoms with Gasteiger partial charge in [-0.2, -0.15) is 0 Å². The SMILES string of the molecule is CC1(C)c2ccccc2-c2ccc(N(c3ccc(F)cc3)c3ccc4c(c3)C(C)(C)c3cc(C=Cc5ccc(C=Cc6ccc7c(c6)C(C)(C)c6cc(N(c8ccc(F)cc8)c8ccc9c(c8)C(C)(C)c8ccccc8-9)ccc6-7)cc5)ccc3-4)cc21. The summed E-state index contributed by atoms with van der Waals surface area (Å²) in [6.07, 6.45) is 8.85. The van der Waals surface area contributed by atoms with Gasteiger partial charge in [0, 0.05) is 55.8 Å². The highest BCUT2D eigenvalue weighted by Crippen LogP contribution is 2.56. The van der Waals surface area contributed by atoms with Gasteiger partial charge in [0.05, 0.1) is 0 Å². The summed E-state index contributed by atoms with van der Waals surface area (Å²) in [5, 5.41) is 0. The minimum absolute atomic E-state index is 0.158. The Kier molecular flexibility index (Phi) is 12.0. The fourth-order valence-electron chi connectivity index (χ4n) is 14.8. The molecular formula is C82H66F2N2. The number of benzene rings is 11. The fraction of sp³-hybridized carbons (Fsp3) is 0.146. The van der Waals surface area contributed by atoms with E-state index < -0.39 is 0 Å². The zero-order valence-corrected chi connectivity index (χ0v) is 49.9. The van der Waals surface area contributed by atoms with Gasteiger partial charge in [-0.15, -0.1) is 0 Å². The summed E-state index contributed by atoms with van der Waals surface area (Å²) in [4.78, 5) is 4.55. The van der Waals surface area contributed by atoms with Gasteiger partial charge < -0.3 is 9.80 Å². The largest absolute Gasteiger partial charge is 0.310 e. The molecule has 4 aliphatic rings. The van der Waals surface area contributed by atoms with E-state index in [1.807, 2.05) is 24.3 Å². The predicted octanol–water partition coefficient (Wildman–Crippen LogP) is 22.5. The molecule has 0 bridgehead atoms. The van der Waals surface area contributed by atoms with Gasteiger partial charge in [-0.05, 0) is 208 Å². The number of anilines is 6. The Morgan fingerprint density at radius 3 is 0.791 bits per heavy atom. The summed E-state index contributed by atoms with van der Waals surface area (Å²) >= 11 is 0. The first-order chi connectivity index (χ1) is 41.4. The van der Waals surface area contributed by atoms with Crippen molar-refractivity contribution in [1.82, 2.24) is 0 Å². The maximum Gasteiger partial charge on any atom is 0.123 e. The van der Waals surface area contributed by atoms with E-state index in [4.69, 9.17) is 0 Å². The summed E-state index contributed by atoms with van der Waals surface area (Å²) in [7, 11) is 0. The summed E-state index contributed by atoms with van der Waals surface area (Å²) in [6.45, 7) is 18.6. The predicted molar refractivity (Wildman–Crippen MR) is 357 cm³/mol.